The molecule has 1 aromatic heterocycles. The topological polar surface area (TPSA) is 29.3 Å². The molecule has 1 fully saturated rings. The fourth-order valence-corrected chi connectivity index (χ4v) is 3.92. The molecule has 2 heterocycles. The van der Waals surface area contributed by atoms with Crippen molar-refractivity contribution in [1.29, 1.82) is 0 Å². The Kier molecular flexibility index (Phi) is 4.23. The van der Waals surface area contributed by atoms with Crippen LogP contribution in [0.1, 0.15) is 38.8 Å². The summed E-state index contributed by atoms with van der Waals surface area (Å²) in [6, 6.07) is 2.82. The number of piperidine rings is 1. The van der Waals surface area contributed by atoms with E-state index in [2.05, 4.69) is 42.5 Å². The quantitative estimate of drug-likeness (QED) is 0.895. The van der Waals surface area contributed by atoms with Crippen LogP contribution in [0.15, 0.2) is 16.8 Å². The first-order chi connectivity index (χ1) is 8.08. The number of nitrogens with zero attached hydrogens (tertiary/aromatic N) is 1. The SMILES string of the molecule is CC1CC(C)CN(C(c2ccsc2)C(C)N)C1. The Morgan fingerprint density at radius 3 is 2.47 bits per heavy atom. The molecule has 0 aromatic carbocycles. The Morgan fingerprint density at radius 2 is 2.00 bits per heavy atom. The van der Waals surface area contributed by atoms with Crippen LogP contribution in [0, 0.1) is 11.8 Å². The van der Waals surface area contributed by atoms with Gasteiger partial charge in [-0.2, -0.15) is 11.3 Å². The zero-order valence-electron chi connectivity index (χ0n) is 11.1. The molecule has 4 unspecified atom stereocenters. The van der Waals surface area contributed by atoms with Gasteiger partial charge >= 0.3 is 0 Å². The highest BCUT2D eigenvalue weighted by Gasteiger charge is 2.30. The van der Waals surface area contributed by atoms with Crippen LogP contribution >= 0.6 is 11.3 Å². The molecular weight excluding hydrogens is 228 g/mol. The number of rotatable bonds is 3. The molecule has 1 aliphatic rings. The lowest BCUT2D eigenvalue weighted by Crippen LogP contribution is -2.46. The van der Waals surface area contributed by atoms with Gasteiger partial charge in [0.15, 0.2) is 0 Å². The fraction of sp³-hybridized carbons (Fsp3) is 0.714. The van der Waals surface area contributed by atoms with Gasteiger partial charge in [0.1, 0.15) is 0 Å². The average molecular weight is 252 g/mol. The zero-order valence-corrected chi connectivity index (χ0v) is 11.9. The minimum atomic E-state index is 0.196. The van der Waals surface area contributed by atoms with Crippen LogP contribution in [-0.4, -0.2) is 24.0 Å². The van der Waals surface area contributed by atoms with Gasteiger partial charge in [-0.25, -0.2) is 0 Å². The lowest BCUT2D eigenvalue weighted by molar-refractivity contribution is 0.0849. The van der Waals surface area contributed by atoms with E-state index in [0.717, 1.165) is 11.8 Å². The van der Waals surface area contributed by atoms with Gasteiger partial charge in [0.05, 0.1) is 6.04 Å². The number of likely N-dealkylation sites (tertiary alicyclic amines) is 1. The van der Waals surface area contributed by atoms with Gasteiger partial charge in [-0.05, 0) is 47.6 Å². The van der Waals surface area contributed by atoms with Gasteiger partial charge in [-0.15, -0.1) is 0 Å². The number of thiophene rings is 1. The second-order valence-electron chi connectivity index (χ2n) is 5.76. The molecule has 0 aliphatic carbocycles. The van der Waals surface area contributed by atoms with E-state index in [-0.39, 0.29) is 6.04 Å². The van der Waals surface area contributed by atoms with Gasteiger partial charge in [0.25, 0.3) is 0 Å². The summed E-state index contributed by atoms with van der Waals surface area (Å²) in [7, 11) is 0. The van der Waals surface area contributed by atoms with Crippen molar-refractivity contribution in [1.82, 2.24) is 4.90 Å². The van der Waals surface area contributed by atoms with E-state index in [0.29, 0.717) is 6.04 Å². The molecule has 2 rings (SSSR count). The molecule has 1 aromatic rings. The normalized spacial score (nSPS) is 30.1. The van der Waals surface area contributed by atoms with Crippen LogP contribution in [0.3, 0.4) is 0 Å². The van der Waals surface area contributed by atoms with E-state index in [9.17, 15) is 0 Å². The molecule has 1 aliphatic heterocycles. The van der Waals surface area contributed by atoms with E-state index in [1.807, 2.05) is 0 Å². The summed E-state index contributed by atoms with van der Waals surface area (Å²) in [5.41, 5.74) is 7.61. The number of nitrogens with two attached hydrogens (primary N) is 1. The van der Waals surface area contributed by atoms with Crippen molar-refractivity contribution in [2.75, 3.05) is 13.1 Å². The summed E-state index contributed by atoms with van der Waals surface area (Å²) >= 11 is 1.77. The van der Waals surface area contributed by atoms with Gasteiger partial charge in [0.2, 0.25) is 0 Å². The van der Waals surface area contributed by atoms with Crippen LogP contribution in [0.4, 0.5) is 0 Å². The first-order valence-electron chi connectivity index (χ1n) is 6.59. The molecule has 2 N–H and O–H groups in total. The van der Waals surface area contributed by atoms with Crippen molar-refractivity contribution in [2.24, 2.45) is 17.6 Å². The van der Waals surface area contributed by atoms with Crippen LogP contribution in [0.25, 0.3) is 0 Å². The second kappa shape index (κ2) is 5.51. The predicted molar refractivity (Wildman–Crippen MR) is 75.2 cm³/mol. The standard InChI is InChI=1S/C14H24N2S/c1-10-6-11(2)8-16(7-10)14(12(3)15)13-4-5-17-9-13/h4-5,9-12,14H,6-8,15H2,1-3H3. The lowest BCUT2D eigenvalue weighted by atomic mass is 9.89. The molecular formula is C14H24N2S. The van der Waals surface area contributed by atoms with Crippen LogP contribution in [0.5, 0.6) is 0 Å². The van der Waals surface area contributed by atoms with E-state index in [1.165, 1.54) is 25.1 Å². The Labute approximate surface area is 109 Å². The summed E-state index contributed by atoms with van der Waals surface area (Å²) in [6.45, 7) is 9.22. The average Bonchev–Trinajstić information content (AvgIpc) is 2.68. The van der Waals surface area contributed by atoms with Gasteiger partial charge < -0.3 is 5.73 Å². The van der Waals surface area contributed by atoms with Gasteiger partial charge in [-0.3, -0.25) is 4.90 Å². The highest BCUT2D eigenvalue weighted by atomic mass is 32.1. The molecule has 17 heavy (non-hydrogen) atoms. The van der Waals surface area contributed by atoms with Crippen molar-refractivity contribution in [3.8, 4) is 0 Å². The summed E-state index contributed by atoms with van der Waals surface area (Å²) in [5, 5.41) is 4.40. The Morgan fingerprint density at radius 1 is 1.35 bits per heavy atom. The smallest absolute Gasteiger partial charge is 0.0504 e. The van der Waals surface area contributed by atoms with E-state index in [4.69, 9.17) is 5.73 Å². The van der Waals surface area contributed by atoms with E-state index < -0.39 is 0 Å². The third kappa shape index (κ3) is 3.09. The van der Waals surface area contributed by atoms with Crippen molar-refractivity contribution in [3.05, 3.63) is 22.4 Å². The molecule has 4 atom stereocenters. The summed E-state index contributed by atoms with van der Waals surface area (Å²) in [6.07, 6.45) is 1.35. The minimum absolute atomic E-state index is 0.196. The molecule has 0 spiro atoms. The molecule has 96 valence electrons. The van der Waals surface area contributed by atoms with Gasteiger partial charge in [0, 0.05) is 19.1 Å². The summed E-state index contributed by atoms with van der Waals surface area (Å²) in [4.78, 5) is 2.59. The fourth-order valence-electron chi connectivity index (χ4n) is 3.23. The third-order valence-electron chi connectivity index (χ3n) is 3.67. The molecule has 2 nitrogen and oxygen atoms in total. The third-order valence-corrected chi connectivity index (χ3v) is 4.37. The second-order valence-corrected chi connectivity index (χ2v) is 6.54. The highest BCUT2D eigenvalue weighted by molar-refractivity contribution is 7.07. The summed E-state index contributed by atoms with van der Waals surface area (Å²) < 4.78 is 0. The largest absolute Gasteiger partial charge is 0.326 e. The number of hydrogen-bond donors (Lipinski definition) is 1. The van der Waals surface area contributed by atoms with E-state index >= 15 is 0 Å². The Bertz CT molecular complexity index is 324. The molecule has 1 saturated heterocycles. The van der Waals surface area contributed by atoms with Crippen molar-refractivity contribution in [2.45, 2.75) is 39.3 Å². The zero-order chi connectivity index (χ0) is 12.4. The van der Waals surface area contributed by atoms with Gasteiger partial charge in [-0.1, -0.05) is 13.8 Å². The Hall–Kier alpha value is -0.380. The highest BCUT2D eigenvalue weighted by Crippen LogP contribution is 2.31. The maximum Gasteiger partial charge on any atom is 0.0504 e. The first kappa shape index (κ1) is 13.1. The molecule has 0 bridgehead atoms. The maximum atomic E-state index is 6.21. The van der Waals surface area contributed by atoms with E-state index in [1.54, 1.807) is 11.3 Å². The Balaban J connectivity index is 2.16. The lowest BCUT2D eigenvalue weighted by Gasteiger charge is -2.41. The van der Waals surface area contributed by atoms with Crippen molar-refractivity contribution in [3.63, 3.8) is 0 Å². The monoisotopic (exact) mass is 252 g/mol. The molecule has 0 saturated carbocycles. The molecule has 0 radical (unpaired) electrons. The molecule has 3 heteroatoms. The van der Waals surface area contributed by atoms with Crippen molar-refractivity contribution < 1.29 is 0 Å². The number of hydrogen-bond acceptors (Lipinski definition) is 3. The van der Waals surface area contributed by atoms with Crippen LogP contribution in [0.2, 0.25) is 0 Å². The maximum absolute atomic E-state index is 6.21. The van der Waals surface area contributed by atoms with Crippen LogP contribution in [-0.2, 0) is 0 Å². The predicted octanol–water partition coefficient (Wildman–Crippen LogP) is 3.11. The van der Waals surface area contributed by atoms with Crippen molar-refractivity contribution >= 4 is 11.3 Å². The minimum Gasteiger partial charge on any atom is -0.326 e. The first-order valence-corrected chi connectivity index (χ1v) is 7.54. The summed E-state index contributed by atoms with van der Waals surface area (Å²) in [5.74, 6) is 1.58. The van der Waals surface area contributed by atoms with Crippen LogP contribution < -0.4 is 5.73 Å². The molecule has 0 amide bonds.